The highest BCUT2D eigenvalue weighted by molar-refractivity contribution is 5.57. The van der Waals surface area contributed by atoms with Crippen molar-refractivity contribution in [2.24, 2.45) is 5.73 Å². The fourth-order valence-corrected chi connectivity index (χ4v) is 1.81. The van der Waals surface area contributed by atoms with E-state index in [9.17, 15) is 8.78 Å². The third kappa shape index (κ3) is 2.59. The van der Waals surface area contributed by atoms with Crippen LogP contribution < -0.4 is 5.73 Å². The summed E-state index contributed by atoms with van der Waals surface area (Å²) in [7, 11) is 0. The molecule has 0 aliphatic heterocycles. The second-order valence-electron chi connectivity index (χ2n) is 4.31. The number of benzene rings is 1. The van der Waals surface area contributed by atoms with Crippen LogP contribution in [0.3, 0.4) is 0 Å². The minimum Gasteiger partial charge on any atom is -0.461 e. The van der Waals surface area contributed by atoms with Gasteiger partial charge in [-0.1, -0.05) is 6.92 Å². The van der Waals surface area contributed by atoms with Gasteiger partial charge in [0.1, 0.15) is 11.5 Å². The minimum absolute atomic E-state index is 0.217. The van der Waals surface area contributed by atoms with Gasteiger partial charge in [-0.25, -0.2) is 8.78 Å². The summed E-state index contributed by atoms with van der Waals surface area (Å²) in [5.74, 6) is -0.176. The highest BCUT2D eigenvalue weighted by Crippen LogP contribution is 2.28. The van der Waals surface area contributed by atoms with E-state index in [0.717, 1.165) is 24.3 Å². The molecule has 1 aromatic heterocycles. The molecule has 96 valence electrons. The van der Waals surface area contributed by atoms with Crippen LogP contribution in [0.1, 0.15) is 25.0 Å². The summed E-state index contributed by atoms with van der Waals surface area (Å²) in [5.41, 5.74) is 6.02. The van der Waals surface area contributed by atoms with Crippen LogP contribution in [0.4, 0.5) is 8.78 Å². The van der Waals surface area contributed by atoms with Crippen molar-refractivity contribution < 1.29 is 13.2 Å². The maximum absolute atomic E-state index is 13.1. The van der Waals surface area contributed by atoms with Crippen LogP contribution >= 0.6 is 0 Å². The Labute approximate surface area is 104 Å². The van der Waals surface area contributed by atoms with E-state index in [0.29, 0.717) is 17.9 Å². The molecule has 18 heavy (non-hydrogen) atoms. The van der Waals surface area contributed by atoms with Crippen molar-refractivity contribution in [1.82, 2.24) is 0 Å². The molecule has 0 aliphatic rings. The van der Waals surface area contributed by atoms with Crippen LogP contribution in [0.25, 0.3) is 11.3 Å². The average molecular weight is 251 g/mol. The van der Waals surface area contributed by atoms with E-state index >= 15 is 0 Å². The first kappa shape index (κ1) is 12.8. The van der Waals surface area contributed by atoms with Crippen LogP contribution in [0.15, 0.2) is 34.7 Å². The number of hydrogen-bond acceptors (Lipinski definition) is 2. The Hall–Kier alpha value is -1.68. The van der Waals surface area contributed by atoms with E-state index in [1.165, 1.54) is 6.07 Å². The summed E-state index contributed by atoms with van der Waals surface area (Å²) in [6.45, 7) is 2.60. The van der Waals surface area contributed by atoms with Crippen LogP contribution in [0.5, 0.6) is 0 Å². The first-order valence-electron chi connectivity index (χ1n) is 5.87. The fraction of sp³-hybridized carbons (Fsp3) is 0.286. The zero-order valence-electron chi connectivity index (χ0n) is 10.1. The quantitative estimate of drug-likeness (QED) is 0.900. The largest absolute Gasteiger partial charge is 0.461 e. The van der Waals surface area contributed by atoms with Gasteiger partial charge in [0.25, 0.3) is 0 Å². The summed E-state index contributed by atoms with van der Waals surface area (Å²) < 4.78 is 31.6. The first-order valence-corrected chi connectivity index (χ1v) is 5.87. The molecule has 1 aromatic carbocycles. The lowest BCUT2D eigenvalue weighted by Crippen LogP contribution is -2.03. The van der Waals surface area contributed by atoms with E-state index in [1.807, 2.05) is 13.0 Å². The van der Waals surface area contributed by atoms with Gasteiger partial charge in [0.15, 0.2) is 11.6 Å². The Morgan fingerprint density at radius 2 is 1.94 bits per heavy atom. The van der Waals surface area contributed by atoms with Gasteiger partial charge in [-0.3, -0.25) is 0 Å². The van der Waals surface area contributed by atoms with E-state index < -0.39 is 11.6 Å². The maximum Gasteiger partial charge on any atom is 0.159 e. The molecule has 2 nitrogen and oxygen atoms in total. The molecule has 0 aliphatic carbocycles. The topological polar surface area (TPSA) is 39.2 Å². The Kier molecular flexibility index (Phi) is 3.77. The van der Waals surface area contributed by atoms with E-state index in [2.05, 4.69) is 0 Å². The highest BCUT2D eigenvalue weighted by Gasteiger charge is 2.12. The van der Waals surface area contributed by atoms with Gasteiger partial charge in [0.2, 0.25) is 0 Å². The molecule has 2 rings (SSSR count). The molecule has 1 unspecified atom stereocenters. The van der Waals surface area contributed by atoms with Gasteiger partial charge < -0.3 is 10.2 Å². The van der Waals surface area contributed by atoms with Crippen LogP contribution in [0, 0.1) is 11.6 Å². The van der Waals surface area contributed by atoms with Crippen molar-refractivity contribution in [3.05, 3.63) is 47.7 Å². The lowest BCUT2D eigenvalue weighted by Gasteiger charge is -2.05. The molecule has 2 aromatic rings. The molecule has 4 heteroatoms. The number of halogens is 2. The SMILES string of the molecule is CC(CCN)c1ccc(-c2ccc(F)c(F)c2)o1. The van der Waals surface area contributed by atoms with E-state index in [4.69, 9.17) is 10.2 Å². The van der Waals surface area contributed by atoms with Crippen molar-refractivity contribution in [1.29, 1.82) is 0 Å². The third-order valence-corrected chi connectivity index (χ3v) is 2.92. The monoisotopic (exact) mass is 251 g/mol. The molecule has 0 radical (unpaired) electrons. The van der Waals surface area contributed by atoms with Crippen LogP contribution in [-0.4, -0.2) is 6.54 Å². The number of rotatable bonds is 4. The molecule has 2 N–H and O–H groups in total. The van der Waals surface area contributed by atoms with Crippen LogP contribution in [-0.2, 0) is 0 Å². The molecule has 0 saturated carbocycles. The molecule has 0 saturated heterocycles. The van der Waals surface area contributed by atoms with Gasteiger partial charge in [-0.15, -0.1) is 0 Å². The lowest BCUT2D eigenvalue weighted by atomic mass is 10.1. The second kappa shape index (κ2) is 5.31. The van der Waals surface area contributed by atoms with Crippen molar-refractivity contribution >= 4 is 0 Å². The normalized spacial score (nSPS) is 12.7. The smallest absolute Gasteiger partial charge is 0.159 e. The molecule has 0 bridgehead atoms. The highest BCUT2D eigenvalue weighted by atomic mass is 19.2. The molecular formula is C14H15F2NO. The van der Waals surface area contributed by atoms with Crippen LogP contribution in [0.2, 0.25) is 0 Å². The molecular weight excluding hydrogens is 236 g/mol. The zero-order chi connectivity index (χ0) is 13.1. The molecule has 0 spiro atoms. The van der Waals surface area contributed by atoms with Gasteiger partial charge in [0.05, 0.1) is 0 Å². The van der Waals surface area contributed by atoms with Crippen molar-refractivity contribution in [2.45, 2.75) is 19.3 Å². The zero-order valence-corrected chi connectivity index (χ0v) is 10.1. The molecule has 1 atom stereocenters. The van der Waals surface area contributed by atoms with Crippen molar-refractivity contribution in [2.75, 3.05) is 6.54 Å². The summed E-state index contributed by atoms with van der Waals surface area (Å²) in [5, 5.41) is 0. The summed E-state index contributed by atoms with van der Waals surface area (Å²) >= 11 is 0. The predicted molar refractivity (Wildman–Crippen MR) is 66.1 cm³/mol. The first-order chi connectivity index (χ1) is 8.61. The number of hydrogen-bond donors (Lipinski definition) is 1. The standard InChI is InChI=1S/C14H15F2NO/c1-9(6-7-17)13-4-5-14(18-13)10-2-3-11(15)12(16)8-10/h2-5,8-9H,6-7,17H2,1H3. The maximum atomic E-state index is 13.1. The van der Waals surface area contributed by atoms with E-state index in [-0.39, 0.29) is 5.92 Å². The van der Waals surface area contributed by atoms with Gasteiger partial charge in [-0.05, 0) is 43.3 Å². The third-order valence-electron chi connectivity index (χ3n) is 2.92. The Morgan fingerprint density at radius 1 is 1.17 bits per heavy atom. The predicted octanol–water partition coefficient (Wildman–Crippen LogP) is 3.68. The average Bonchev–Trinajstić information content (AvgIpc) is 2.82. The summed E-state index contributed by atoms with van der Waals surface area (Å²) in [6.07, 6.45) is 0.824. The number of furan rings is 1. The second-order valence-corrected chi connectivity index (χ2v) is 4.31. The van der Waals surface area contributed by atoms with Crippen molar-refractivity contribution in [3.8, 4) is 11.3 Å². The molecule has 0 fully saturated rings. The Balaban J connectivity index is 2.26. The van der Waals surface area contributed by atoms with Gasteiger partial charge in [-0.2, -0.15) is 0 Å². The fourth-order valence-electron chi connectivity index (χ4n) is 1.81. The minimum atomic E-state index is -0.875. The van der Waals surface area contributed by atoms with Gasteiger partial charge >= 0.3 is 0 Å². The van der Waals surface area contributed by atoms with Gasteiger partial charge in [0, 0.05) is 11.5 Å². The summed E-state index contributed by atoms with van der Waals surface area (Å²) in [4.78, 5) is 0. The molecule has 1 heterocycles. The Bertz CT molecular complexity index is 536. The number of nitrogens with two attached hydrogens (primary N) is 1. The Morgan fingerprint density at radius 3 is 2.61 bits per heavy atom. The lowest BCUT2D eigenvalue weighted by molar-refractivity contribution is 0.472. The van der Waals surface area contributed by atoms with Crippen molar-refractivity contribution in [3.63, 3.8) is 0 Å². The molecule has 0 amide bonds. The summed E-state index contributed by atoms with van der Waals surface area (Å²) in [6, 6.07) is 7.32. The van der Waals surface area contributed by atoms with E-state index in [1.54, 1.807) is 6.07 Å².